The van der Waals surface area contributed by atoms with Gasteiger partial charge in [-0.2, -0.15) is 9.94 Å². The molecule has 20 heavy (non-hydrogen) atoms. The molecular weight excluding hydrogens is 254 g/mol. The first kappa shape index (κ1) is 12.4. The van der Waals surface area contributed by atoms with Gasteiger partial charge in [0.15, 0.2) is 11.6 Å². The lowest BCUT2D eigenvalue weighted by atomic mass is 10.3. The van der Waals surface area contributed by atoms with Crippen LogP contribution in [-0.4, -0.2) is 25.8 Å². The number of hydrogen-bond donors (Lipinski definition) is 2. The minimum atomic E-state index is 0.264. The average molecular weight is 269 g/mol. The zero-order chi connectivity index (χ0) is 14.3. The maximum absolute atomic E-state index is 9.24. The van der Waals surface area contributed by atoms with Crippen molar-refractivity contribution in [2.45, 2.75) is 32.7 Å². The molecule has 0 unspecified atom stereocenters. The molecule has 2 heterocycles. The Hall–Kier alpha value is -2.62. The quantitative estimate of drug-likeness (QED) is 0.870. The van der Waals surface area contributed by atoms with E-state index >= 15 is 0 Å². The fourth-order valence-electron chi connectivity index (χ4n) is 2.02. The van der Waals surface area contributed by atoms with E-state index in [0.717, 1.165) is 24.2 Å². The summed E-state index contributed by atoms with van der Waals surface area (Å²) >= 11 is 0. The number of nitrogen functional groups attached to an aromatic ring is 1. The maximum atomic E-state index is 9.24. The van der Waals surface area contributed by atoms with Gasteiger partial charge in [0, 0.05) is 17.4 Å². The predicted octanol–water partition coefficient (Wildman–Crippen LogP) is 1.31. The standard InChI is InChI=1S/C13H15N7/c1-7-5-8(2)17-13(16-7)20-11(15)10(6-14)12(19-20)18-9-3-4-9/h5,9H,3-4,15H2,1-2H3,(H,18,19). The monoisotopic (exact) mass is 269 g/mol. The van der Waals surface area contributed by atoms with Crippen molar-refractivity contribution in [2.75, 3.05) is 11.1 Å². The Bertz CT molecular complexity index is 686. The average Bonchev–Trinajstić information content (AvgIpc) is 3.12. The maximum Gasteiger partial charge on any atom is 0.253 e. The molecule has 0 bridgehead atoms. The SMILES string of the molecule is Cc1cc(C)nc(-n2nc(NC3CC3)c(C#N)c2N)n1. The molecule has 3 N–H and O–H groups in total. The lowest BCUT2D eigenvalue weighted by Crippen LogP contribution is -2.09. The van der Waals surface area contributed by atoms with E-state index in [1.54, 1.807) is 0 Å². The van der Waals surface area contributed by atoms with E-state index in [1.165, 1.54) is 4.68 Å². The van der Waals surface area contributed by atoms with Crippen LogP contribution in [0.1, 0.15) is 29.8 Å². The summed E-state index contributed by atoms with van der Waals surface area (Å²) in [6.45, 7) is 3.76. The highest BCUT2D eigenvalue weighted by Crippen LogP contribution is 2.29. The molecule has 1 saturated carbocycles. The van der Waals surface area contributed by atoms with Crippen molar-refractivity contribution in [3.05, 3.63) is 23.0 Å². The van der Waals surface area contributed by atoms with Gasteiger partial charge < -0.3 is 11.1 Å². The number of anilines is 2. The van der Waals surface area contributed by atoms with Crippen LogP contribution in [0.25, 0.3) is 5.95 Å². The first-order valence-corrected chi connectivity index (χ1v) is 6.46. The number of aromatic nitrogens is 4. The Morgan fingerprint density at radius 2 is 2.00 bits per heavy atom. The Morgan fingerprint density at radius 3 is 2.55 bits per heavy atom. The van der Waals surface area contributed by atoms with Crippen molar-refractivity contribution >= 4 is 11.6 Å². The summed E-state index contributed by atoms with van der Waals surface area (Å²) in [7, 11) is 0. The highest BCUT2D eigenvalue weighted by atomic mass is 15.4. The summed E-state index contributed by atoms with van der Waals surface area (Å²) in [5.74, 6) is 1.16. The number of aryl methyl sites for hydroxylation is 2. The zero-order valence-corrected chi connectivity index (χ0v) is 11.4. The van der Waals surface area contributed by atoms with Gasteiger partial charge in [0.1, 0.15) is 11.6 Å². The second-order valence-electron chi connectivity index (χ2n) is 5.00. The largest absolute Gasteiger partial charge is 0.382 e. The van der Waals surface area contributed by atoms with Gasteiger partial charge in [-0.05, 0) is 32.8 Å². The van der Waals surface area contributed by atoms with Crippen molar-refractivity contribution < 1.29 is 0 Å². The molecule has 2 aromatic heterocycles. The summed E-state index contributed by atoms with van der Waals surface area (Å²) < 4.78 is 1.42. The van der Waals surface area contributed by atoms with Crippen LogP contribution in [0.4, 0.5) is 11.6 Å². The van der Waals surface area contributed by atoms with Crippen LogP contribution >= 0.6 is 0 Å². The number of nitrogens with two attached hydrogens (primary N) is 1. The predicted molar refractivity (Wildman–Crippen MR) is 74.4 cm³/mol. The van der Waals surface area contributed by atoms with Crippen LogP contribution in [0.2, 0.25) is 0 Å². The van der Waals surface area contributed by atoms with Crippen LogP contribution in [0.5, 0.6) is 0 Å². The first-order chi connectivity index (χ1) is 9.58. The second kappa shape index (κ2) is 4.49. The Kier molecular flexibility index (Phi) is 2.79. The molecule has 3 rings (SSSR count). The number of hydrogen-bond acceptors (Lipinski definition) is 6. The minimum absolute atomic E-state index is 0.264. The lowest BCUT2D eigenvalue weighted by molar-refractivity contribution is 0.802. The molecule has 0 saturated heterocycles. The summed E-state index contributed by atoms with van der Waals surface area (Å²) in [5.41, 5.74) is 8.01. The van der Waals surface area contributed by atoms with Gasteiger partial charge in [0.2, 0.25) is 0 Å². The number of rotatable bonds is 3. The van der Waals surface area contributed by atoms with Crippen molar-refractivity contribution in [1.29, 1.82) is 5.26 Å². The molecule has 2 aromatic rings. The van der Waals surface area contributed by atoms with Gasteiger partial charge in [-0.25, -0.2) is 9.97 Å². The van der Waals surface area contributed by atoms with Crippen LogP contribution in [0.15, 0.2) is 6.07 Å². The van der Waals surface area contributed by atoms with Crippen molar-refractivity contribution in [3.63, 3.8) is 0 Å². The van der Waals surface area contributed by atoms with E-state index in [0.29, 0.717) is 23.4 Å². The molecule has 0 amide bonds. The topological polar surface area (TPSA) is 105 Å². The number of nitrogens with zero attached hydrogens (tertiary/aromatic N) is 5. The molecule has 0 atom stereocenters. The van der Waals surface area contributed by atoms with E-state index in [-0.39, 0.29) is 5.82 Å². The van der Waals surface area contributed by atoms with Crippen LogP contribution in [-0.2, 0) is 0 Å². The Morgan fingerprint density at radius 1 is 1.35 bits per heavy atom. The molecule has 1 fully saturated rings. The van der Waals surface area contributed by atoms with Gasteiger partial charge in [0.25, 0.3) is 5.95 Å². The third kappa shape index (κ3) is 2.16. The number of nitriles is 1. The Labute approximate surface area is 116 Å². The molecular formula is C13H15N7. The molecule has 0 radical (unpaired) electrons. The summed E-state index contributed by atoms with van der Waals surface area (Å²) in [5, 5.41) is 16.8. The van der Waals surface area contributed by atoms with Gasteiger partial charge in [-0.15, -0.1) is 5.10 Å². The highest BCUT2D eigenvalue weighted by Gasteiger charge is 2.26. The van der Waals surface area contributed by atoms with Crippen molar-refractivity contribution in [2.24, 2.45) is 0 Å². The van der Waals surface area contributed by atoms with E-state index in [9.17, 15) is 5.26 Å². The van der Waals surface area contributed by atoms with E-state index in [2.05, 4.69) is 26.5 Å². The van der Waals surface area contributed by atoms with Crippen LogP contribution in [0.3, 0.4) is 0 Å². The Balaban J connectivity index is 2.08. The molecule has 0 spiro atoms. The summed E-state index contributed by atoms with van der Waals surface area (Å²) in [4.78, 5) is 8.64. The number of nitrogens with one attached hydrogen (secondary N) is 1. The highest BCUT2D eigenvalue weighted by molar-refractivity contribution is 5.65. The normalized spacial score (nSPS) is 14.1. The zero-order valence-electron chi connectivity index (χ0n) is 11.4. The molecule has 102 valence electrons. The smallest absolute Gasteiger partial charge is 0.253 e. The van der Waals surface area contributed by atoms with E-state index < -0.39 is 0 Å². The fraction of sp³-hybridized carbons (Fsp3) is 0.385. The van der Waals surface area contributed by atoms with Gasteiger partial charge in [-0.1, -0.05) is 0 Å². The van der Waals surface area contributed by atoms with Gasteiger partial charge in [-0.3, -0.25) is 0 Å². The second-order valence-corrected chi connectivity index (χ2v) is 5.00. The van der Waals surface area contributed by atoms with E-state index in [1.807, 2.05) is 19.9 Å². The third-order valence-electron chi connectivity index (χ3n) is 3.11. The van der Waals surface area contributed by atoms with Crippen LogP contribution < -0.4 is 11.1 Å². The molecule has 1 aliphatic carbocycles. The molecule has 0 aliphatic heterocycles. The summed E-state index contributed by atoms with van der Waals surface area (Å²) in [6, 6.07) is 4.36. The van der Waals surface area contributed by atoms with Gasteiger partial charge >= 0.3 is 0 Å². The third-order valence-corrected chi connectivity index (χ3v) is 3.11. The summed E-state index contributed by atoms with van der Waals surface area (Å²) in [6.07, 6.45) is 2.19. The lowest BCUT2D eigenvalue weighted by Gasteiger charge is -2.04. The fourth-order valence-corrected chi connectivity index (χ4v) is 2.02. The molecule has 1 aliphatic rings. The van der Waals surface area contributed by atoms with Crippen LogP contribution in [0, 0.1) is 25.2 Å². The van der Waals surface area contributed by atoms with Crippen molar-refractivity contribution in [3.8, 4) is 12.0 Å². The molecule has 0 aromatic carbocycles. The van der Waals surface area contributed by atoms with Gasteiger partial charge in [0.05, 0.1) is 0 Å². The molecule has 7 nitrogen and oxygen atoms in total. The molecule has 7 heteroatoms. The first-order valence-electron chi connectivity index (χ1n) is 6.46. The van der Waals surface area contributed by atoms with E-state index in [4.69, 9.17) is 5.73 Å². The minimum Gasteiger partial charge on any atom is -0.382 e. The van der Waals surface area contributed by atoms with Crippen molar-refractivity contribution in [1.82, 2.24) is 19.7 Å².